The van der Waals surface area contributed by atoms with E-state index in [-0.39, 0.29) is 24.7 Å². The van der Waals surface area contributed by atoms with Crippen LogP contribution < -0.4 is 0 Å². The molecule has 0 aromatic heterocycles. The molecule has 0 rings (SSSR count). The zero-order chi connectivity index (χ0) is 12.8. The molecule has 3 nitrogen and oxygen atoms in total. The van der Waals surface area contributed by atoms with Gasteiger partial charge in [0, 0.05) is 6.42 Å². The van der Waals surface area contributed by atoms with E-state index in [1.165, 1.54) is 0 Å². The predicted octanol–water partition coefficient (Wildman–Crippen LogP) is 2.89. The van der Waals surface area contributed by atoms with Crippen LogP contribution in [0.5, 0.6) is 0 Å². The van der Waals surface area contributed by atoms with E-state index >= 15 is 0 Å². The average Bonchev–Trinajstić information content (AvgIpc) is 2.15. The highest BCUT2D eigenvalue weighted by atomic mass is 19.4. The summed E-state index contributed by atoms with van der Waals surface area (Å²) < 4.78 is 43.6. The Bertz CT molecular complexity index is 216. The van der Waals surface area contributed by atoms with E-state index in [0.29, 0.717) is 0 Å². The van der Waals surface area contributed by atoms with Crippen LogP contribution in [0.1, 0.15) is 33.6 Å². The summed E-state index contributed by atoms with van der Waals surface area (Å²) in [7, 11) is 0. The molecule has 2 unspecified atom stereocenters. The summed E-state index contributed by atoms with van der Waals surface area (Å²) in [6, 6.07) is 0. The van der Waals surface area contributed by atoms with Gasteiger partial charge in [0.15, 0.2) is 0 Å². The number of halogens is 3. The van der Waals surface area contributed by atoms with Crippen LogP contribution >= 0.6 is 0 Å². The standard InChI is InChI=1S/C10H17F3O3/c1-4-9(14)16-8(3)7(2)5-6-15-10(11,12)13/h7-8H,4-6H2,1-3H3. The Morgan fingerprint density at radius 2 is 1.88 bits per heavy atom. The summed E-state index contributed by atoms with van der Waals surface area (Å²) >= 11 is 0. The molecule has 0 bridgehead atoms. The summed E-state index contributed by atoms with van der Waals surface area (Å²) in [5, 5.41) is 0. The number of esters is 1. The average molecular weight is 242 g/mol. The van der Waals surface area contributed by atoms with Crippen molar-refractivity contribution in [3.05, 3.63) is 0 Å². The molecule has 0 aliphatic carbocycles. The third-order valence-electron chi connectivity index (χ3n) is 2.25. The van der Waals surface area contributed by atoms with Crippen LogP contribution in [0, 0.1) is 5.92 Å². The Morgan fingerprint density at radius 1 is 1.31 bits per heavy atom. The molecule has 0 aliphatic rings. The summed E-state index contributed by atoms with van der Waals surface area (Å²) in [5.74, 6) is -0.520. The number of hydrogen-bond acceptors (Lipinski definition) is 3. The summed E-state index contributed by atoms with van der Waals surface area (Å²) in [6.45, 7) is 4.62. The molecule has 0 aliphatic heterocycles. The maximum Gasteiger partial charge on any atom is 0.522 e. The molecule has 0 aromatic carbocycles. The molecular weight excluding hydrogens is 225 g/mol. The van der Waals surface area contributed by atoms with Crippen LogP contribution in [0.4, 0.5) is 13.2 Å². The topological polar surface area (TPSA) is 35.5 Å². The first-order valence-electron chi connectivity index (χ1n) is 5.16. The second kappa shape index (κ2) is 6.73. The van der Waals surface area contributed by atoms with Gasteiger partial charge in [-0.3, -0.25) is 9.53 Å². The smallest absolute Gasteiger partial charge is 0.462 e. The van der Waals surface area contributed by atoms with Crippen molar-refractivity contribution in [2.24, 2.45) is 5.92 Å². The van der Waals surface area contributed by atoms with Crippen LogP contribution in [0.25, 0.3) is 0 Å². The van der Waals surface area contributed by atoms with Crippen molar-refractivity contribution in [2.75, 3.05) is 6.61 Å². The number of rotatable bonds is 6. The van der Waals surface area contributed by atoms with Gasteiger partial charge in [0.05, 0.1) is 6.61 Å². The summed E-state index contributed by atoms with van der Waals surface area (Å²) in [4.78, 5) is 10.9. The Labute approximate surface area is 92.9 Å². The zero-order valence-corrected chi connectivity index (χ0v) is 9.63. The SMILES string of the molecule is CCC(=O)OC(C)C(C)CCOC(F)(F)F. The van der Waals surface area contributed by atoms with Gasteiger partial charge in [-0.15, -0.1) is 13.2 Å². The van der Waals surface area contributed by atoms with Gasteiger partial charge in [-0.1, -0.05) is 13.8 Å². The van der Waals surface area contributed by atoms with Crippen LogP contribution in [0.15, 0.2) is 0 Å². The molecule has 0 radical (unpaired) electrons. The van der Waals surface area contributed by atoms with Gasteiger partial charge in [-0.05, 0) is 19.3 Å². The van der Waals surface area contributed by atoms with Crippen molar-refractivity contribution in [1.82, 2.24) is 0 Å². The Kier molecular flexibility index (Phi) is 6.40. The van der Waals surface area contributed by atoms with Crippen LogP contribution in [0.3, 0.4) is 0 Å². The molecule has 0 N–H and O–H groups in total. The lowest BCUT2D eigenvalue weighted by molar-refractivity contribution is -0.325. The molecular formula is C10H17F3O3. The lowest BCUT2D eigenvalue weighted by Crippen LogP contribution is -2.24. The maximum atomic E-state index is 11.7. The van der Waals surface area contributed by atoms with Crippen molar-refractivity contribution in [3.63, 3.8) is 0 Å². The number of ether oxygens (including phenoxy) is 2. The van der Waals surface area contributed by atoms with Gasteiger partial charge in [-0.25, -0.2) is 0 Å². The molecule has 0 aromatic rings. The highest BCUT2D eigenvalue weighted by Gasteiger charge is 2.29. The number of alkyl halides is 3. The molecule has 2 atom stereocenters. The minimum atomic E-state index is -4.59. The second-order valence-electron chi connectivity index (χ2n) is 3.61. The van der Waals surface area contributed by atoms with E-state index in [9.17, 15) is 18.0 Å². The molecule has 0 heterocycles. The molecule has 0 saturated heterocycles. The number of carbonyl (C=O) groups is 1. The van der Waals surface area contributed by atoms with Crippen molar-refractivity contribution in [3.8, 4) is 0 Å². The van der Waals surface area contributed by atoms with Crippen molar-refractivity contribution in [1.29, 1.82) is 0 Å². The number of carbonyl (C=O) groups excluding carboxylic acids is 1. The van der Waals surface area contributed by atoms with Crippen molar-refractivity contribution < 1.29 is 27.4 Å². The molecule has 96 valence electrons. The monoisotopic (exact) mass is 242 g/mol. The van der Waals surface area contributed by atoms with E-state index in [0.717, 1.165) is 0 Å². The molecule has 0 saturated carbocycles. The van der Waals surface area contributed by atoms with Gasteiger partial charge >= 0.3 is 12.3 Å². The van der Waals surface area contributed by atoms with Gasteiger partial charge < -0.3 is 4.74 Å². The Hall–Kier alpha value is -0.780. The van der Waals surface area contributed by atoms with E-state index in [1.807, 2.05) is 0 Å². The van der Waals surface area contributed by atoms with Crippen LogP contribution in [0.2, 0.25) is 0 Å². The van der Waals surface area contributed by atoms with Crippen molar-refractivity contribution >= 4 is 5.97 Å². The Morgan fingerprint density at radius 3 is 2.31 bits per heavy atom. The lowest BCUT2D eigenvalue weighted by Gasteiger charge is -2.20. The minimum absolute atomic E-state index is 0.169. The third-order valence-corrected chi connectivity index (χ3v) is 2.25. The van der Waals surface area contributed by atoms with Gasteiger partial charge in [0.1, 0.15) is 6.10 Å². The second-order valence-corrected chi connectivity index (χ2v) is 3.61. The molecule has 16 heavy (non-hydrogen) atoms. The maximum absolute atomic E-state index is 11.7. The van der Waals surface area contributed by atoms with Crippen molar-refractivity contribution in [2.45, 2.75) is 46.1 Å². The lowest BCUT2D eigenvalue weighted by atomic mass is 10.0. The van der Waals surface area contributed by atoms with E-state index in [2.05, 4.69) is 4.74 Å². The Balaban J connectivity index is 3.79. The fourth-order valence-electron chi connectivity index (χ4n) is 1.00. The highest BCUT2D eigenvalue weighted by Crippen LogP contribution is 2.19. The summed E-state index contributed by atoms with van der Waals surface area (Å²) in [6.07, 6.45) is -4.54. The van der Waals surface area contributed by atoms with Gasteiger partial charge in [-0.2, -0.15) is 0 Å². The van der Waals surface area contributed by atoms with E-state index < -0.39 is 19.1 Å². The van der Waals surface area contributed by atoms with Gasteiger partial charge in [0.25, 0.3) is 0 Å². The van der Waals surface area contributed by atoms with Crippen LogP contribution in [-0.4, -0.2) is 25.0 Å². The summed E-state index contributed by atoms with van der Waals surface area (Å²) in [5.41, 5.74) is 0. The first-order chi connectivity index (χ1) is 7.26. The molecule has 0 fully saturated rings. The zero-order valence-electron chi connectivity index (χ0n) is 9.63. The molecule has 0 amide bonds. The van der Waals surface area contributed by atoms with E-state index in [4.69, 9.17) is 4.74 Å². The molecule has 0 spiro atoms. The third kappa shape index (κ3) is 7.50. The fourth-order valence-corrected chi connectivity index (χ4v) is 1.00. The van der Waals surface area contributed by atoms with Gasteiger partial charge in [0.2, 0.25) is 0 Å². The first kappa shape index (κ1) is 15.2. The first-order valence-corrected chi connectivity index (χ1v) is 5.16. The molecule has 6 heteroatoms. The fraction of sp³-hybridized carbons (Fsp3) is 0.900. The highest BCUT2D eigenvalue weighted by molar-refractivity contribution is 5.69. The predicted molar refractivity (Wildman–Crippen MR) is 51.6 cm³/mol. The van der Waals surface area contributed by atoms with Crippen LogP contribution in [-0.2, 0) is 14.3 Å². The number of hydrogen-bond donors (Lipinski definition) is 0. The largest absolute Gasteiger partial charge is 0.522 e. The quantitative estimate of drug-likeness (QED) is 0.672. The van der Waals surface area contributed by atoms with E-state index in [1.54, 1.807) is 20.8 Å². The normalized spacial score (nSPS) is 15.6. The minimum Gasteiger partial charge on any atom is -0.462 e.